The fourth-order valence-corrected chi connectivity index (χ4v) is 1.89. The number of carbonyl (C=O) groups excluding carboxylic acids is 1. The average molecular weight is 294 g/mol. The summed E-state index contributed by atoms with van der Waals surface area (Å²) >= 11 is 5.75. The van der Waals surface area contributed by atoms with Crippen molar-refractivity contribution in [1.29, 1.82) is 0 Å². The molecule has 1 aromatic carbocycles. The first-order valence-electron chi connectivity index (χ1n) is 5.73. The van der Waals surface area contributed by atoms with Crippen LogP contribution in [0.3, 0.4) is 0 Å². The van der Waals surface area contributed by atoms with Gasteiger partial charge in [-0.15, -0.1) is 0 Å². The van der Waals surface area contributed by atoms with Crippen molar-refractivity contribution in [3.8, 4) is 0 Å². The molecule has 0 radical (unpaired) electrons. The van der Waals surface area contributed by atoms with E-state index in [9.17, 15) is 9.59 Å². The van der Waals surface area contributed by atoms with Crippen LogP contribution in [0.2, 0.25) is 5.02 Å². The fraction of sp³-hybridized carbons (Fsp3) is 0.154. The largest absolute Gasteiger partial charge is 0.478 e. The third-order valence-electron chi connectivity index (χ3n) is 2.94. The van der Waals surface area contributed by atoms with Crippen LogP contribution >= 0.6 is 11.6 Å². The summed E-state index contributed by atoms with van der Waals surface area (Å²) < 4.78 is 1.56. The molecule has 2 rings (SSSR count). The minimum atomic E-state index is -1.16. The number of aromatic carboxylic acids is 1. The molecule has 2 aromatic rings. The van der Waals surface area contributed by atoms with Crippen LogP contribution in [0.25, 0.3) is 0 Å². The van der Waals surface area contributed by atoms with Gasteiger partial charge in [0.15, 0.2) is 0 Å². The second-order valence-electron chi connectivity index (χ2n) is 4.22. The Hall–Kier alpha value is -2.34. The lowest BCUT2D eigenvalue weighted by atomic mass is 10.1. The number of benzene rings is 1. The number of nitrogens with zero attached hydrogens (tertiary/aromatic N) is 2. The lowest BCUT2D eigenvalue weighted by Gasteiger charge is -2.08. The highest BCUT2D eigenvalue weighted by molar-refractivity contribution is 6.31. The van der Waals surface area contributed by atoms with Crippen molar-refractivity contribution in [3.05, 3.63) is 46.2 Å². The molecule has 0 saturated heterocycles. The molecule has 1 heterocycles. The monoisotopic (exact) mass is 293 g/mol. The standard InChI is InChI=1S/C13H12ClN3O3/c1-7-10(6-15-17(7)2)12(18)16-11-4-3-8(14)5-9(11)13(19)20/h3-6H,1-2H3,(H,16,18)(H,19,20). The number of carboxylic acid groups (broad SMARTS) is 1. The van der Waals surface area contributed by atoms with Gasteiger partial charge in [0.05, 0.1) is 23.0 Å². The summed E-state index contributed by atoms with van der Waals surface area (Å²) in [6, 6.07) is 4.25. The summed E-state index contributed by atoms with van der Waals surface area (Å²) in [5.41, 5.74) is 1.20. The average Bonchev–Trinajstić information content (AvgIpc) is 2.72. The van der Waals surface area contributed by atoms with Crippen molar-refractivity contribution in [2.24, 2.45) is 7.05 Å². The fourth-order valence-electron chi connectivity index (χ4n) is 1.71. The molecular formula is C13H12ClN3O3. The van der Waals surface area contributed by atoms with Crippen LogP contribution in [0, 0.1) is 6.92 Å². The molecule has 7 heteroatoms. The van der Waals surface area contributed by atoms with Crippen LogP contribution in [-0.4, -0.2) is 26.8 Å². The molecule has 0 aliphatic rings. The number of hydrogen-bond acceptors (Lipinski definition) is 3. The number of hydrogen-bond donors (Lipinski definition) is 2. The summed E-state index contributed by atoms with van der Waals surface area (Å²) in [7, 11) is 1.72. The predicted molar refractivity (Wildman–Crippen MR) is 74.3 cm³/mol. The van der Waals surface area contributed by atoms with Gasteiger partial charge >= 0.3 is 5.97 Å². The molecule has 0 unspecified atom stereocenters. The third-order valence-corrected chi connectivity index (χ3v) is 3.18. The van der Waals surface area contributed by atoms with Crippen LogP contribution in [0.15, 0.2) is 24.4 Å². The number of halogens is 1. The smallest absolute Gasteiger partial charge is 0.337 e. The minimum Gasteiger partial charge on any atom is -0.478 e. The minimum absolute atomic E-state index is 0.0626. The van der Waals surface area contributed by atoms with E-state index in [4.69, 9.17) is 16.7 Å². The highest BCUT2D eigenvalue weighted by Gasteiger charge is 2.17. The second-order valence-corrected chi connectivity index (χ2v) is 4.65. The van der Waals surface area contributed by atoms with Gasteiger partial charge in [-0.1, -0.05) is 11.6 Å². The first-order chi connectivity index (χ1) is 9.40. The lowest BCUT2D eigenvalue weighted by molar-refractivity contribution is 0.0698. The normalized spacial score (nSPS) is 10.3. The van der Waals surface area contributed by atoms with Gasteiger partial charge in [0.25, 0.3) is 5.91 Å². The third kappa shape index (κ3) is 2.65. The number of amides is 1. The van der Waals surface area contributed by atoms with Crippen LogP contribution in [0.4, 0.5) is 5.69 Å². The summed E-state index contributed by atoms with van der Waals surface area (Å²) in [5, 5.41) is 15.9. The van der Waals surface area contributed by atoms with Crippen LogP contribution in [0.1, 0.15) is 26.4 Å². The Labute approximate surface area is 120 Å². The quantitative estimate of drug-likeness (QED) is 0.909. The van der Waals surface area contributed by atoms with Crippen molar-refractivity contribution in [1.82, 2.24) is 9.78 Å². The van der Waals surface area contributed by atoms with Gasteiger partial charge in [0, 0.05) is 17.8 Å². The molecule has 0 bridgehead atoms. The number of nitrogens with one attached hydrogen (secondary N) is 1. The maximum atomic E-state index is 12.1. The number of aryl methyl sites for hydroxylation is 1. The molecule has 6 nitrogen and oxygen atoms in total. The second kappa shape index (κ2) is 5.34. The topological polar surface area (TPSA) is 84.2 Å². The summed E-state index contributed by atoms with van der Waals surface area (Å²) in [5.74, 6) is -1.58. The van der Waals surface area contributed by atoms with Crippen LogP contribution < -0.4 is 5.32 Å². The van der Waals surface area contributed by atoms with Gasteiger partial charge in [0.2, 0.25) is 0 Å². The van der Waals surface area contributed by atoms with E-state index in [2.05, 4.69) is 10.4 Å². The summed E-state index contributed by atoms with van der Waals surface area (Å²) in [6.45, 7) is 1.75. The Morgan fingerprint density at radius 2 is 2.05 bits per heavy atom. The van der Waals surface area contributed by atoms with E-state index in [1.54, 1.807) is 18.7 Å². The van der Waals surface area contributed by atoms with E-state index in [0.717, 1.165) is 0 Å². The Kier molecular flexibility index (Phi) is 3.76. The van der Waals surface area contributed by atoms with Gasteiger partial charge in [-0.25, -0.2) is 4.79 Å². The Morgan fingerprint density at radius 3 is 2.60 bits per heavy atom. The predicted octanol–water partition coefficient (Wildman–Crippen LogP) is 2.33. The molecule has 104 valence electrons. The van der Waals surface area contributed by atoms with Crippen molar-refractivity contribution in [3.63, 3.8) is 0 Å². The molecular weight excluding hydrogens is 282 g/mol. The molecule has 0 atom stereocenters. The zero-order valence-electron chi connectivity index (χ0n) is 10.8. The first-order valence-corrected chi connectivity index (χ1v) is 6.10. The van der Waals surface area contributed by atoms with E-state index in [0.29, 0.717) is 11.3 Å². The highest BCUT2D eigenvalue weighted by atomic mass is 35.5. The van der Waals surface area contributed by atoms with Crippen molar-refractivity contribution >= 4 is 29.2 Å². The number of carbonyl (C=O) groups is 2. The number of aromatic nitrogens is 2. The Balaban J connectivity index is 2.33. The van der Waals surface area contributed by atoms with Crippen molar-refractivity contribution in [2.75, 3.05) is 5.32 Å². The molecule has 20 heavy (non-hydrogen) atoms. The van der Waals surface area contributed by atoms with Crippen molar-refractivity contribution in [2.45, 2.75) is 6.92 Å². The molecule has 1 amide bonds. The maximum absolute atomic E-state index is 12.1. The molecule has 1 aromatic heterocycles. The molecule has 0 spiro atoms. The van der Waals surface area contributed by atoms with Gasteiger partial charge < -0.3 is 10.4 Å². The van der Waals surface area contributed by atoms with Crippen molar-refractivity contribution < 1.29 is 14.7 Å². The van der Waals surface area contributed by atoms with Gasteiger partial charge in [-0.3, -0.25) is 9.48 Å². The molecule has 0 saturated carbocycles. The number of anilines is 1. The zero-order chi connectivity index (χ0) is 14.9. The van der Waals surface area contributed by atoms with E-state index in [1.165, 1.54) is 24.4 Å². The van der Waals surface area contributed by atoms with E-state index in [1.807, 2.05) is 0 Å². The van der Waals surface area contributed by atoms with Gasteiger partial charge in [-0.05, 0) is 25.1 Å². The molecule has 0 aliphatic heterocycles. The number of carboxylic acids is 1. The maximum Gasteiger partial charge on any atom is 0.337 e. The summed E-state index contributed by atoms with van der Waals surface area (Å²) in [4.78, 5) is 23.3. The zero-order valence-corrected chi connectivity index (χ0v) is 11.6. The highest BCUT2D eigenvalue weighted by Crippen LogP contribution is 2.21. The lowest BCUT2D eigenvalue weighted by Crippen LogP contribution is -2.15. The van der Waals surface area contributed by atoms with Crippen LogP contribution in [-0.2, 0) is 7.05 Å². The summed E-state index contributed by atoms with van der Waals surface area (Å²) in [6.07, 6.45) is 1.43. The van der Waals surface area contributed by atoms with Gasteiger partial charge in [-0.2, -0.15) is 5.10 Å². The molecule has 0 fully saturated rings. The number of rotatable bonds is 3. The SMILES string of the molecule is Cc1c(C(=O)Nc2ccc(Cl)cc2C(=O)O)cnn1C. The molecule has 0 aliphatic carbocycles. The molecule has 2 N–H and O–H groups in total. The van der Waals surface area contributed by atoms with E-state index < -0.39 is 11.9 Å². The van der Waals surface area contributed by atoms with E-state index >= 15 is 0 Å². The Morgan fingerprint density at radius 1 is 1.35 bits per heavy atom. The van der Waals surface area contributed by atoms with Crippen LogP contribution in [0.5, 0.6) is 0 Å². The van der Waals surface area contributed by atoms with E-state index in [-0.39, 0.29) is 16.3 Å². The Bertz CT molecular complexity index is 694. The van der Waals surface area contributed by atoms with Gasteiger partial charge in [0.1, 0.15) is 0 Å². The first kappa shape index (κ1) is 14.1.